The van der Waals surface area contributed by atoms with Gasteiger partial charge < -0.3 is 9.47 Å². The number of hydrogen-bond donors (Lipinski definition) is 0. The van der Waals surface area contributed by atoms with Gasteiger partial charge in [-0.3, -0.25) is 0 Å². The zero-order valence-corrected chi connectivity index (χ0v) is 10.2. The van der Waals surface area contributed by atoms with Crippen molar-refractivity contribution < 1.29 is 14.3 Å². The molecule has 0 saturated carbocycles. The van der Waals surface area contributed by atoms with E-state index in [0.717, 1.165) is 11.3 Å². The SMILES string of the molecule is COC(=O)c1ncn(Cc2ccc(OC)cc2)n1. The topological polar surface area (TPSA) is 66.2 Å². The highest BCUT2D eigenvalue weighted by Gasteiger charge is 2.11. The van der Waals surface area contributed by atoms with Gasteiger partial charge in [0.15, 0.2) is 0 Å². The molecule has 0 spiro atoms. The zero-order chi connectivity index (χ0) is 13.0. The minimum absolute atomic E-state index is 0.0611. The lowest BCUT2D eigenvalue weighted by atomic mass is 10.2. The maximum Gasteiger partial charge on any atom is 0.377 e. The summed E-state index contributed by atoms with van der Waals surface area (Å²) in [6, 6.07) is 7.59. The molecule has 2 aromatic rings. The minimum Gasteiger partial charge on any atom is -0.497 e. The molecule has 0 saturated heterocycles. The standard InChI is InChI=1S/C12H13N3O3/c1-17-10-5-3-9(4-6-10)7-15-8-13-11(14-15)12(16)18-2/h3-6,8H,7H2,1-2H3. The molecular weight excluding hydrogens is 234 g/mol. The van der Waals surface area contributed by atoms with E-state index < -0.39 is 5.97 Å². The number of ether oxygens (including phenoxy) is 2. The van der Waals surface area contributed by atoms with Gasteiger partial charge in [0.05, 0.1) is 20.8 Å². The highest BCUT2D eigenvalue weighted by atomic mass is 16.5. The molecule has 0 radical (unpaired) electrons. The fraction of sp³-hybridized carbons (Fsp3) is 0.250. The fourth-order valence-corrected chi connectivity index (χ4v) is 1.47. The van der Waals surface area contributed by atoms with Gasteiger partial charge in [-0.05, 0) is 17.7 Å². The van der Waals surface area contributed by atoms with Crippen LogP contribution in [0.25, 0.3) is 0 Å². The second kappa shape index (κ2) is 5.31. The molecule has 0 aliphatic rings. The number of carbonyl (C=O) groups is 1. The Balaban J connectivity index is 2.08. The zero-order valence-electron chi connectivity index (χ0n) is 10.2. The van der Waals surface area contributed by atoms with Crippen LogP contribution < -0.4 is 4.74 Å². The first kappa shape index (κ1) is 12.1. The van der Waals surface area contributed by atoms with E-state index in [4.69, 9.17) is 4.74 Å². The molecule has 0 unspecified atom stereocenters. The van der Waals surface area contributed by atoms with Crippen molar-refractivity contribution in [2.75, 3.05) is 14.2 Å². The van der Waals surface area contributed by atoms with Crippen molar-refractivity contribution in [3.8, 4) is 5.75 Å². The molecule has 0 amide bonds. The van der Waals surface area contributed by atoms with E-state index >= 15 is 0 Å². The van der Waals surface area contributed by atoms with Crippen LogP contribution in [-0.4, -0.2) is 35.0 Å². The van der Waals surface area contributed by atoms with Crippen LogP contribution in [0.5, 0.6) is 5.75 Å². The minimum atomic E-state index is -0.538. The van der Waals surface area contributed by atoms with E-state index in [1.54, 1.807) is 11.8 Å². The first-order valence-corrected chi connectivity index (χ1v) is 5.33. The van der Waals surface area contributed by atoms with Gasteiger partial charge in [0.25, 0.3) is 5.82 Å². The molecule has 6 heteroatoms. The third-order valence-electron chi connectivity index (χ3n) is 2.41. The van der Waals surface area contributed by atoms with Gasteiger partial charge in [-0.15, -0.1) is 5.10 Å². The van der Waals surface area contributed by atoms with Crippen LogP contribution in [0.4, 0.5) is 0 Å². The molecule has 18 heavy (non-hydrogen) atoms. The smallest absolute Gasteiger partial charge is 0.377 e. The molecule has 2 rings (SSSR count). The van der Waals surface area contributed by atoms with Crippen LogP contribution in [0.1, 0.15) is 16.2 Å². The molecule has 0 atom stereocenters. The van der Waals surface area contributed by atoms with Gasteiger partial charge in [0.2, 0.25) is 0 Å². The summed E-state index contributed by atoms with van der Waals surface area (Å²) in [7, 11) is 2.92. The van der Waals surface area contributed by atoms with E-state index in [0.29, 0.717) is 6.54 Å². The summed E-state index contributed by atoms with van der Waals surface area (Å²) in [5.41, 5.74) is 1.04. The normalized spacial score (nSPS) is 10.1. The lowest BCUT2D eigenvalue weighted by Crippen LogP contribution is -2.06. The van der Waals surface area contributed by atoms with Crippen LogP contribution >= 0.6 is 0 Å². The van der Waals surface area contributed by atoms with Crippen LogP contribution in [0.2, 0.25) is 0 Å². The maximum absolute atomic E-state index is 11.2. The number of aromatic nitrogens is 3. The van der Waals surface area contributed by atoms with Crippen molar-refractivity contribution in [2.45, 2.75) is 6.54 Å². The summed E-state index contributed by atoms with van der Waals surface area (Å²) < 4.78 is 11.2. The average Bonchev–Trinajstić information content (AvgIpc) is 2.87. The van der Waals surface area contributed by atoms with Crippen LogP contribution in [0, 0.1) is 0 Å². The van der Waals surface area contributed by atoms with Crippen molar-refractivity contribution >= 4 is 5.97 Å². The van der Waals surface area contributed by atoms with Gasteiger partial charge in [0, 0.05) is 0 Å². The monoisotopic (exact) mass is 247 g/mol. The predicted molar refractivity (Wildman–Crippen MR) is 63.5 cm³/mol. The molecule has 0 N–H and O–H groups in total. The fourth-order valence-electron chi connectivity index (χ4n) is 1.47. The molecule has 0 bridgehead atoms. The summed E-state index contributed by atoms with van der Waals surface area (Å²) in [5.74, 6) is 0.321. The second-order valence-corrected chi connectivity index (χ2v) is 3.61. The van der Waals surface area contributed by atoms with Gasteiger partial charge in [-0.25, -0.2) is 14.5 Å². The number of hydrogen-bond acceptors (Lipinski definition) is 5. The summed E-state index contributed by atoms with van der Waals surface area (Å²) in [6.07, 6.45) is 1.50. The molecule has 1 heterocycles. The molecule has 94 valence electrons. The Bertz CT molecular complexity index is 534. The first-order valence-electron chi connectivity index (χ1n) is 5.33. The Morgan fingerprint density at radius 3 is 2.61 bits per heavy atom. The van der Waals surface area contributed by atoms with E-state index in [2.05, 4.69) is 14.8 Å². The Labute approximate surface area is 104 Å². The Kier molecular flexibility index (Phi) is 3.57. The number of nitrogens with zero attached hydrogens (tertiary/aromatic N) is 3. The number of rotatable bonds is 4. The van der Waals surface area contributed by atoms with E-state index in [1.807, 2.05) is 24.3 Å². The number of methoxy groups -OCH3 is 2. The predicted octanol–water partition coefficient (Wildman–Crippen LogP) is 1.12. The van der Waals surface area contributed by atoms with Crippen LogP contribution in [0.3, 0.4) is 0 Å². The second-order valence-electron chi connectivity index (χ2n) is 3.61. The highest BCUT2D eigenvalue weighted by Crippen LogP contribution is 2.11. The van der Waals surface area contributed by atoms with Crippen molar-refractivity contribution in [1.82, 2.24) is 14.8 Å². The third kappa shape index (κ3) is 2.65. The van der Waals surface area contributed by atoms with Crippen LogP contribution in [0.15, 0.2) is 30.6 Å². The largest absolute Gasteiger partial charge is 0.497 e. The Hall–Kier alpha value is -2.37. The molecular formula is C12H13N3O3. The lowest BCUT2D eigenvalue weighted by molar-refractivity contribution is 0.0586. The summed E-state index contributed by atoms with van der Waals surface area (Å²) in [6.45, 7) is 0.536. The van der Waals surface area contributed by atoms with Gasteiger partial charge in [-0.1, -0.05) is 12.1 Å². The molecule has 1 aromatic carbocycles. The average molecular weight is 247 g/mol. The molecule has 0 fully saturated rings. The van der Waals surface area contributed by atoms with E-state index in [1.165, 1.54) is 13.4 Å². The first-order chi connectivity index (χ1) is 8.72. The third-order valence-corrected chi connectivity index (χ3v) is 2.41. The Morgan fingerprint density at radius 1 is 1.28 bits per heavy atom. The molecule has 0 aliphatic heterocycles. The lowest BCUT2D eigenvalue weighted by Gasteiger charge is -2.03. The Morgan fingerprint density at radius 2 is 2.00 bits per heavy atom. The van der Waals surface area contributed by atoms with Gasteiger partial charge in [-0.2, -0.15) is 0 Å². The number of carbonyl (C=O) groups excluding carboxylic acids is 1. The summed E-state index contributed by atoms with van der Waals surface area (Å²) in [4.78, 5) is 15.1. The van der Waals surface area contributed by atoms with E-state index in [-0.39, 0.29) is 5.82 Å². The molecule has 6 nitrogen and oxygen atoms in total. The summed E-state index contributed by atoms with van der Waals surface area (Å²) >= 11 is 0. The van der Waals surface area contributed by atoms with Crippen LogP contribution in [-0.2, 0) is 11.3 Å². The van der Waals surface area contributed by atoms with Crippen molar-refractivity contribution in [3.63, 3.8) is 0 Å². The van der Waals surface area contributed by atoms with Crippen molar-refractivity contribution in [1.29, 1.82) is 0 Å². The van der Waals surface area contributed by atoms with Crippen molar-refractivity contribution in [3.05, 3.63) is 42.0 Å². The quantitative estimate of drug-likeness (QED) is 0.757. The van der Waals surface area contributed by atoms with Crippen molar-refractivity contribution in [2.24, 2.45) is 0 Å². The number of benzene rings is 1. The van der Waals surface area contributed by atoms with Gasteiger partial charge >= 0.3 is 5.97 Å². The molecule has 1 aromatic heterocycles. The summed E-state index contributed by atoms with van der Waals surface area (Å²) in [5, 5.41) is 4.02. The highest BCUT2D eigenvalue weighted by molar-refractivity contribution is 5.84. The maximum atomic E-state index is 11.2. The van der Waals surface area contributed by atoms with Gasteiger partial charge in [0.1, 0.15) is 12.1 Å². The van der Waals surface area contributed by atoms with E-state index in [9.17, 15) is 4.79 Å². The number of esters is 1. The molecule has 0 aliphatic carbocycles.